The lowest BCUT2D eigenvalue weighted by atomic mass is 10.1. The lowest BCUT2D eigenvalue weighted by Gasteiger charge is -2.13. The topological polar surface area (TPSA) is 0 Å². The molecule has 1 aromatic carbocycles. The van der Waals surface area contributed by atoms with Crippen LogP contribution in [0.5, 0.6) is 0 Å². The molecule has 0 heterocycles. The van der Waals surface area contributed by atoms with Gasteiger partial charge in [0.1, 0.15) is 0 Å². The van der Waals surface area contributed by atoms with E-state index >= 15 is 0 Å². The molecule has 84 valence electrons. The molecule has 0 radical (unpaired) electrons. The molecule has 1 aromatic rings. The SMILES string of the molecule is FC(F)C(F)C(F)c1ccc(CCl)cc1. The van der Waals surface area contributed by atoms with Gasteiger partial charge in [-0.2, -0.15) is 0 Å². The summed E-state index contributed by atoms with van der Waals surface area (Å²) in [7, 11) is 0. The van der Waals surface area contributed by atoms with Gasteiger partial charge in [0.2, 0.25) is 0 Å². The molecule has 0 aromatic heterocycles. The minimum atomic E-state index is -3.31. The van der Waals surface area contributed by atoms with Crippen molar-refractivity contribution < 1.29 is 17.6 Å². The van der Waals surface area contributed by atoms with E-state index in [9.17, 15) is 17.6 Å². The molecule has 5 heteroatoms. The molecule has 0 amide bonds. The van der Waals surface area contributed by atoms with E-state index in [-0.39, 0.29) is 11.4 Å². The Kier molecular flexibility index (Phi) is 4.39. The third kappa shape index (κ3) is 3.09. The van der Waals surface area contributed by atoms with Crippen LogP contribution in [0.15, 0.2) is 24.3 Å². The van der Waals surface area contributed by atoms with Gasteiger partial charge in [0.15, 0.2) is 12.3 Å². The molecule has 0 aliphatic heterocycles. The van der Waals surface area contributed by atoms with E-state index in [0.29, 0.717) is 0 Å². The van der Waals surface area contributed by atoms with Gasteiger partial charge in [-0.05, 0) is 11.1 Å². The lowest BCUT2D eigenvalue weighted by molar-refractivity contribution is 0.00280. The van der Waals surface area contributed by atoms with Crippen LogP contribution >= 0.6 is 11.6 Å². The second kappa shape index (κ2) is 5.35. The molecule has 0 saturated heterocycles. The van der Waals surface area contributed by atoms with Crippen molar-refractivity contribution in [3.8, 4) is 0 Å². The highest BCUT2D eigenvalue weighted by atomic mass is 35.5. The standard InChI is InChI=1S/C10H9ClF4/c11-5-6-1-3-7(4-2-6)8(12)9(13)10(14)15/h1-4,8-10H,5H2. The molecule has 0 aliphatic rings. The summed E-state index contributed by atoms with van der Waals surface area (Å²) in [5, 5.41) is 0. The number of alkyl halides is 5. The molecule has 1 rings (SSSR count). The van der Waals surface area contributed by atoms with Crippen LogP contribution < -0.4 is 0 Å². The molecule has 0 bridgehead atoms. The summed E-state index contributed by atoms with van der Waals surface area (Å²) >= 11 is 5.48. The van der Waals surface area contributed by atoms with Gasteiger partial charge in [0.05, 0.1) is 0 Å². The van der Waals surface area contributed by atoms with Gasteiger partial charge < -0.3 is 0 Å². The Morgan fingerprint density at radius 3 is 1.93 bits per heavy atom. The number of hydrogen-bond donors (Lipinski definition) is 0. The normalized spacial score (nSPS) is 15.3. The van der Waals surface area contributed by atoms with Gasteiger partial charge in [-0.15, -0.1) is 11.6 Å². The van der Waals surface area contributed by atoms with Crippen molar-refractivity contribution in [2.75, 3.05) is 0 Å². The highest BCUT2D eigenvalue weighted by Gasteiger charge is 2.30. The Bertz CT molecular complexity index is 299. The first kappa shape index (κ1) is 12.3. The average Bonchev–Trinajstić information content (AvgIpc) is 2.27. The molecule has 2 unspecified atom stereocenters. The van der Waals surface area contributed by atoms with Crippen LogP contribution in [0.2, 0.25) is 0 Å². The van der Waals surface area contributed by atoms with Crippen LogP contribution in [0.25, 0.3) is 0 Å². The zero-order chi connectivity index (χ0) is 11.4. The molecular weight excluding hydrogens is 232 g/mol. The minimum absolute atomic E-state index is 0.100. The van der Waals surface area contributed by atoms with Gasteiger partial charge in [0.25, 0.3) is 6.43 Å². The van der Waals surface area contributed by atoms with Crippen LogP contribution in [0.1, 0.15) is 17.3 Å². The van der Waals surface area contributed by atoms with Crippen molar-refractivity contribution >= 4 is 11.6 Å². The van der Waals surface area contributed by atoms with Crippen molar-refractivity contribution in [3.05, 3.63) is 35.4 Å². The van der Waals surface area contributed by atoms with E-state index < -0.39 is 18.8 Å². The van der Waals surface area contributed by atoms with Gasteiger partial charge >= 0.3 is 0 Å². The second-order valence-electron chi connectivity index (χ2n) is 3.06. The quantitative estimate of drug-likeness (QED) is 0.550. The lowest BCUT2D eigenvalue weighted by Crippen LogP contribution is -2.18. The molecule has 0 saturated carbocycles. The van der Waals surface area contributed by atoms with Crippen LogP contribution in [-0.2, 0) is 5.88 Å². The fourth-order valence-corrected chi connectivity index (χ4v) is 1.28. The molecule has 0 aliphatic carbocycles. The number of rotatable bonds is 4. The zero-order valence-corrected chi connectivity index (χ0v) is 8.39. The summed E-state index contributed by atoms with van der Waals surface area (Å²) in [5.74, 6) is 0.241. The summed E-state index contributed by atoms with van der Waals surface area (Å²) in [6, 6.07) is 5.48. The first-order valence-corrected chi connectivity index (χ1v) is 4.80. The largest absolute Gasteiger partial charge is 0.272 e. The third-order valence-electron chi connectivity index (χ3n) is 1.97. The minimum Gasteiger partial charge on any atom is -0.239 e. The van der Waals surface area contributed by atoms with Crippen LogP contribution in [-0.4, -0.2) is 12.6 Å². The Labute approximate surface area is 89.9 Å². The summed E-state index contributed by atoms with van der Waals surface area (Å²) in [6.07, 6.45) is -8.39. The Balaban J connectivity index is 2.78. The Hall–Kier alpha value is -0.770. The average molecular weight is 241 g/mol. The highest BCUT2D eigenvalue weighted by molar-refractivity contribution is 6.17. The predicted octanol–water partition coefficient (Wildman–Crippen LogP) is 4.04. The summed E-state index contributed by atoms with van der Waals surface area (Å²) in [6.45, 7) is 0. The number of halogens is 5. The van der Waals surface area contributed by atoms with E-state index in [1.165, 1.54) is 24.3 Å². The van der Waals surface area contributed by atoms with E-state index in [4.69, 9.17) is 11.6 Å². The van der Waals surface area contributed by atoms with Crippen LogP contribution in [0, 0.1) is 0 Å². The monoisotopic (exact) mass is 240 g/mol. The Morgan fingerprint density at radius 2 is 1.53 bits per heavy atom. The molecule has 15 heavy (non-hydrogen) atoms. The van der Waals surface area contributed by atoms with Crippen molar-refractivity contribution in [3.63, 3.8) is 0 Å². The van der Waals surface area contributed by atoms with Gasteiger partial charge in [0, 0.05) is 5.88 Å². The third-order valence-corrected chi connectivity index (χ3v) is 2.28. The van der Waals surface area contributed by atoms with Crippen LogP contribution in [0.4, 0.5) is 17.6 Å². The van der Waals surface area contributed by atoms with E-state index in [1.54, 1.807) is 0 Å². The van der Waals surface area contributed by atoms with Gasteiger partial charge in [-0.3, -0.25) is 0 Å². The molecule has 2 atom stereocenters. The first-order chi connectivity index (χ1) is 7.06. The van der Waals surface area contributed by atoms with Gasteiger partial charge in [-0.25, -0.2) is 17.6 Å². The van der Waals surface area contributed by atoms with Crippen molar-refractivity contribution in [2.45, 2.75) is 24.6 Å². The number of hydrogen-bond acceptors (Lipinski definition) is 0. The number of benzene rings is 1. The van der Waals surface area contributed by atoms with Crippen molar-refractivity contribution in [2.24, 2.45) is 0 Å². The maximum absolute atomic E-state index is 13.1. The van der Waals surface area contributed by atoms with Crippen molar-refractivity contribution in [1.82, 2.24) is 0 Å². The molecule has 0 nitrogen and oxygen atoms in total. The molecular formula is C10H9ClF4. The molecule has 0 fully saturated rings. The summed E-state index contributed by atoms with van der Waals surface area (Å²) in [5.41, 5.74) is 0.622. The van der Waals surface area contributed by atoms with Gasteiger partial charge in [-0.1, -0.05) is 24.3 Å². The van der Waals surface area contributed by atoms with E-state index in [1.807, 2.05) is 0 Å². The van der Waals surface area contributed by atoms with E-state index in [2.05, 4.69) is 0 Å². The zero-order valence-electron chi connectivity index (χ0n) is 7.64. The summed E-state index contributed by atoms with van der Waals surface area (Å²) in [4.78, 5) is 0. The smallest absolute Gasteiger partial charge is 0.239 e. The maximum atomic E-state index is 13.1. The fraction of sp³-hybridized carbons (Fsp3) is 0.400. The molecule has 0 spiro atoms. The highest BCUT2D eigenvalue weighted by Crippen LogP contribution is 2.28. The first-order valence-electron chi connectivity index (χ1n) is 4.27. The molecule has 0 N–H and O–H groups in total. The summed E-state index contributed by atoms with van der Waals surface area (Å²) < 4.78 is 49.5. The van der Waals surface area contributed by atoms with Crippen molar-refractivity contribution in [1.29, 1.82) is 0 Å². The van der Waals surface area contributed by atoms with E-state index in [0.717, 1.165) is 5.56 Å². The predicted molar refractivity (Wildman–Crippen MR) is 50.7 cm³/mol. The second-order valence-corrected chi connectivity index (χ2v) is 3.32. The maximum Gasteiger partial charge on any atom is 0.272 e. The Morgan fingerprint density at radius 1 is 1.00 bits per heavy atom. The van der Waals surface area contributed by atoms with Crippen LogP contribution in [0.3, 0.4) is 0 Å². The fourth-order valence-electron chi connectivity index (χ4n) is 1.10.